The third-order valence-electron chi connectivity index (χ3n) is 2.28. The molecule has 0 radical (unpaired) electrons. The summed E-state index contributed by atoms with van der Waals surface area (Å²) in [7, 11) is 0. The molecule has 0 amide bonds. The van der Waals surface area contributed by atoms with Crippen LogP contribution in [0.2, 0.25) is 0 Å². The van der Waals surface area contributed by atoms with E-state index in [-0.39, 0.29) is 6.04 Å². The fourth-order valence-electron chi connectivity index (χ4n) is 1.46. The van der Waals surface area contributed by atoms with E-state index in [1.54, 1.807) is 12.5 Å². The average Bonchev–Trinajstić information content (AvgIpc) is 2.69. The second kappa shape index (κ2) is 4.16. The topological polar surface area (TPSA) is 43.8 Å². The molecular formula is C11H12BrN3. The van der Waals surface area contributed by atoms with Crippen molar-refractivity contribution in [2.24, 2.45) is 5.73 Å². The lowest BCUT2D eigenvalue weighted by molar-refractivity contribution is 0.812. The number of hydrogen-bond donors (Lipinski definition) is 1. The first-order chi connectivity index (χ1) is 7.18. The van der Waals surface area contributed by atoms with Crippen molar-refractivity contribution in [3.63, 3.8) is 0 Å². The Morgan fingerprint density at radius 2 is 2.27 bits per heavy atom. The van der Waals surface area contributed by atoms with Gasteiger partial charge >= 0.3 is 0 Å². The lowest BCUT2D eigenvalue weighted by Gasteiger charge is -2.10. The first kappa shape index (κ1) is 10.4. The van der Waals surface area contributed by atoms with Gasteiger partial charge < -0.3 is 10.3 Å². The lowest BCUT2D eigenvalue weighted by Crippen LogP contribution is -2.06. The number of nitrogens with zero attached hydrogens (tertiary/aromatic N) is 2. The van der Waals surface area contributed by atoms with Gasteiger partial charge in [-0.25, -0.2) is 4.98 Å². The normalized spacial score (nSPS) is 12.7. The highest BCUT2D eigenvalue weighted by Crippen LogP contribution is 2.24. The molecule has 0 aliphatic rings. The van der Waals surface area contributed by atoms with Crippen molar-refractivity contribution in [1.82, 2.24) is 9.55 Å². The van der Waals surface area contributed by atoms with Gasteiger partial charge in [-0.05, 0) is 24.6 Å². The van der Waals surface area contributed by atoms with Gasteiger partial charge in [-0.1, -0.05) is 22.0 Å². The molecule has 0 aliphatic heterocycles. The molecular weight excluding hydrogens is 254 g/mol. The summed E-state index contributed by atoms with van der Waals surface area (Å²) in [6.45, 7) is 1.97. The maximum atomic E-state index is 5.83. The highest BCUT2D eigenvalue weighted by molar-refractivity contribution is 9.10. The van der Waals surface area contributed by atoms with Crippen molar-refractivity contribution in [2.45, 2.75) is 13.0 Å². The van der Waals surface area contributed by atoms with E-state index in [0.29, 0.717) is 0 Å². The van der Waals surface area contributed by atoms with Crippen LogP contribution < -0.4 is 5.73 Å². The molecule has 1 atom stereocenters. The van der Waals surface area contributed by atoms with Gasteiger partial charge in [-0.2, -0.15) is 0 Å². The van der Waals surface area contributed by atoms with Gasteiger partial charge in [0.2, 0.25) is 0 Å². The Morgan fingerprint density at radius 1 is 1.47 bits per heavy atom. The van der Waals surface area contributed by atoms with Crippen LogP contribution in [0.5, 0.6) is 0 Å². The van der Waals surface area contributed by atoms with E-state index in [0.717, 1.165) is 15.7 Å². The van der Waals surface area contributed by atoms with Crippen molar-refractivity contribution in [3.8, 4) is 5.69 Å². The van der Waals surface area contributed by atoms with Crippen LogP contribution in [0.3, 0.4) is 0 Å². The number of rotatable bonds is 2. The second-order valence-corrected chi connectivity index (χ2v) is 4.32. The van der Waals surface area contributed by atoms with Gasteiger partial charge in [0.1, 0.15) is 0 Å². The molecule has 15 heavy (non-hydrogen) atoms. The molecule has 0 fully saturated rings. The van der Waals surface area contributed by atoms with Gasteiger partial charge in [0, 0.05) is 28.6 Å². The molecule has 1 heterocycles. The zero-order chi connectivity index (χ0) is 10.8. The number of halogens is 1. The number of nitrogens with two attached hydrogens (primary N) is 1. The largest absolute Gasteiger partial charge is 0.324 e. The fourth-order valence-corrected chi connectivity index (χ4v) is 2.19. The first-order valence-corrected chi connectivity index (χ1v) is 5.51. The number of benzene rings is 1. The van der Waals surface area contributed by atoms with Crippen molar-refractivity contribution < 1.29 is 0 Å². The van der Waals surface area contributed by atoms with Crippen molar-refractivity contribution in [1.29, 1.82) is 0 Å². The third-order valence-corrected chi connectivity index (χ3v) is 2.96. The first-order valence-electron chi connectivity index (χ1n) is 4.72. The van der Waals surface area contributed by atoms with Crippen LogP contribution in [-0.2, 0) is 0 Å². The van der Waals surface area contributed by atoms with Crippen LogP contribution in [0.4, 0.5) is 0 Å². The van der Waals surface area contributed by atoms with E-state index in [1.165, 1.54) is 0 Å². The van der Waals surface area contributed by atoms with E-state index < -0.39 is 0 Å². The molecule has 0 bridgehead atoms. The Labute approximate surface area is 97.1 Å². The second-order valence-electron chi connectivity index (χ2n) is 3.46. The van der Waals surface area contributed by atoms with Gasteiger partial charge in [0.15, 0.2) is 0 Å². The molecule has 0 spiro atoms. The quantitative estimate of drug-likeness (QED) is 0.908. The summed E-state index contributed by atoms with van der Waals surface area (Å²) in [5.41, 5.74) is 8.02. The van der Waals surface area contributed by atoms with Crippen molar-refractivity contribution >= 4 is 15.9 Å². The molecule has 78 valence electrons. The lowest BCUT2D eigenvalue weighted by atomic mass is 10.1. The molecule has 0 aliphatic carbocycles. The predicted octanol–water partition coefficient (Wildman–Crippen LogP) is 2.65. The predicted molar refractivity (Wildman–Crippen MR) is 63.9 cm³/mol. The standard InChI is InChI=1S/C11H12BrN3/c1-8(13)10-3-2-9(6-11(10)12)15-5-4-14-7-15/h2-8H,13H2,1H3/t8-/m0/s1. The van der Waals surface area contributed by atoms with Crippen LogP contribution in [0, 0.1) is 0 Å². The van der Waals surface area contributed by atoms with Crippen molar-refractivity contribution in [2.75, 3.05) is 0 Å². The molecule has 0 saturated carbocycles. The number of aromatic nitrogens is 2. The monoisotopic (exact) mass is 265 g/mol. The zero-order valence-corrected chi connectivity index (χ0v) is 9.98. The van der Waals surface area contributed by atoms with E-state index in [4.69, 9.17) is 5.73 Å². The Kier molecular flexibility index (Phi) is 2.88. The summed E-state index contributed by atoms with van der Waals surface area (Å²) >= 11 is 3.52. The maximum absolute atomic E-state index is 5.83. The zero-order valence-electron chi connectivity index (χ0n) is 8.39. The summed E-state index contributed by atoms with van der Waals surface area (Å²) < 4.78 is 2.99. The minimum Gasteiger partial charge on any atom is -0.324 e. The van der Waals surface area contributed by atoms with Gasteiger partial charge in [0.25, 0.3) is 0 Å². The smallest absolute Gasteiger partial charge is 0.0991 e. The van der Waals surface area contributed by atoms with Crippen LogP contribution in [0.1, 0.15) is 18.5 Å². The Balaban J connectivity index is 2.42. The molecule has 2 aromatic rings. The highest BCUT2D eigenvalue weighted by Gasteiger charge is 2.05. The summed E-state index contributed by atoms with van der Waals surface area (Å²) in [6, 6.07) is 6.14. The molecule has 2 rings (SSSR count). The molecule has 2 N–H and O–H groups in total. The van der Waals surface area contributed by atoms with Gasteiger partial charge in [0.05, 0.1) is 6.33 Å². The average molecular weight is 266 g/mol. The van der Waals surface area contributed by atoms with E-state index >= 15 is 0 Å². The Hall–Kier alpha value is -1.13. The summed E-state index contributed by atoms with van der Waals surface area (Å²) in [5, 5.41) is 0. The third kappa shape index (κ3) is 2.11. The fraction of sp³-hybridized carbons (Fsp3) is 0.182. The van der Waals surface area contributed by atoms with Crippen LogP contribution in [-0.4, -0.2) is 9.55 Å². The molecule has 3 nitrogen and oxygen atoms in total. The number of imidazole rings is 1. The maximum Gasteiger partial charge on any atom is 0.0991 e. The summed E-state index contributed by atoms with van der Waals surface area (Å²) in [5.74, 6) is 0. The van der Waals surface area contributed by atoms with Crippen molar-refractivity contribution in [3.05, 3.63) is 47.0 Å². The summed E-state index contributed by atoms with van der Waals surface area (Å²) in [6.07, 6.45) is 5.44. The molecule has 0 unspecified atom stereocenters. The van der Waals surface area contributed by atoms with E-state index in [2.05, 4.69) is 20.9 Å². The molecule has 1 aromatic heterocycles. The SMILES string of the molecule is C[C@H](N)c1ccc(-n2ccnc2)cc1Br. The van der Waals surface area contributed by atoms with Crippen LogP contribution >= 0.6 is 15.9 Å². The van der Waals surface area contributed by atoms with Crippen LogP contribution in [0.15, 0.2) is 41.4 Å². The summed E-state index contributed by atoms with van der Waals surface area (Å²) in [4.78, 5) is 4.01. The Morgan fingerprint density at radius 3 is 2.80 bits per heavy atom. The van der Waals surface area contributed by atoms with E-state index in [1.807, 2.05) is 35.9 Å². The molecule has 4 heteroatoms. The Bertz CT molecular complexity index is 449. The minimum atomic E-state index is 0.0382. The molecule has 0 saturated heterocycles. The van der Waals surface area contributed by atoms with Crippen LogP contribution in [0.25, 0.3) is 5.69 Å². The van der Waals surface area contributed by atoms with E-state index in [9.17, 15) is 0 Å². The van der Waals surface area contributed by atoms with Gasteiger partial charge in [-0.3, -0.25) is 0 Å². The number of hydrogen-bond acceptors (Lipinski definition) is 2. The minimum absolute atomic E-state index is 0.0382. The molecule has 1 aromatic carbocycles. The highest BCUT2D eigenvalue weighted by atomic mass is 79.9. The van der Waals surface area contributed by atoms with Gasteiger partial charge in [-0.15, -0.1) is 0 Å².